The average molecular weight is 250 g/mol. The maximum atomic E-state index is 11.9. The maximum Gasteiger partial charge on any atom is 0.321 e. The van der Waals surface area contributed by atoms with Gasteiger partial charge in [0, 0.05) is 13.1 Å². The number of piperidine rings is 1. The number of amides is 2. The lowest BCUT2D eigenvalue weighted by Crippen LogP contribution is -2.44. The molecule has 0 radical (unpaired) electrons. The smallest absolute Gasteiger partial charge is 0.321 e. The van der Waals surface area contributed by atoms with E-state index < -0.39 is 11.9 Å². The molecule has 2 rings (SSSR count). The molecule has 1 aromatic heterocycles. The van der Waals surface area contributed by atoms with Gasteiger partial charge in [0.05, 0.1) is 24.0 Å². The molecule has 1 aliphatic heterocycles. The molecule has 1 aromatic rings. The highest BCUT2D eigenvalue weighted by molar-refractivity contribution is 5.89. The number of rotatable bonds is 2. The number of hydrogen-bond donors (Lipinski definition) is 2. The summed E-state index contributed by atoms with van der Waals surface area (Å²) < 4.78 is 0. The number of nitrogens with zero attached hydrogens (tertiary/aromatic N) is 3. The van der Waals surface area contributed by atoms with Gasteiger partial charge in [-0.15, -0.1) is 0 Å². The summed E-state index contributed by atoms with van der Waals surface area (Å²) in [6.45, 7) is 0.818. The van der Waals surface area contributed by atoms with E-state index in [1.807, 2.05) is 0 Å². The van der Waals surface area contributed by atoms with Crippen LogP contribution in [0.15, 0.2) is 18.7 Å². The van der Waals surface area contributed by atoms with Gasteiger partial charge in [-0.1, -0.05) is 0 Å². The Hall–Kier alpha value is -2.18. The van der Waals surface area contributed by atoms with Crippen molar-refractivity contribution in [3.05, 3.63) is 18.7 Å². The summed E-state index contributed by atoms with van der Waals surface area (Å²) in [5.74, 6) is -1.33. The molecule has 2 heterocycles. The van der Waals surface area contributed by atoms with Crippen molar-refractivity contribution in [3.8, 4) is 0 Å². The van der Waals surface area contributed by atoms with Crippen molar-refractivity contribution in [2.75, 3.05) is 18.4 Å². The summed E-state index contributed by atoms with van der Waals surface area (Å²) in [5.41, 5.74) is 0.500. The highest BCUT2D eigenvalue weighted by atomic mass is 16.4. The van der Waals surface area contributed by atoms with E-state index in [9.17, 15) is 9.59 Å². The Morgan fingerprint density at radius 1 is 1.39 bits per heavy atom. The van der Waals surface area contributed by atoms with Crippen LogP contribution < -0.4 is 5.32 Å². The lowest BCUT2D eigenvalue weighted by molar-refractivity contribution is -0.143. The van der Waals surface area contributed by atoms with Gasteiger partial charge in [0.1, 0.15) is 6.33 Å². The zero-order valence-corrected chi connectivity index (χ0v) is 9.74. The number of hydrogen-bond acceptors (Lipinski definition) is 4. The van der Waals surface area contributed by atoms with Gasteiger partial charge in [0.2, 0.25) is 0 Å². The Morgan fingerprint density at radius 3 is 2.78 bits per heavy atom. The van der Waals surface area contributed by atoms with Crippen molar-refractivity contribution in [3.63, 3.8) is 0 Å². The number of aromatic nitrogens is 2. The van der Waals surface area contributed by atoms with Gasteiger partial charge in [0.25, 0.3) is 0 Å². The zero-order chi connectivity index (χ0) is 13.0. The molecule has 0 unspecified atom stereocenters. The van der Waals surface area contributed by atoms with Crippen LogP contribution in [0.3, 0.4) is 0 Å². The van der Waals surface area contributed by atoms with E-state index in [1.165, 1.54) is 23.6 Å². The fourth-order valence-corrected chi connectivity index (χ4v) is 1.93. The zero-order valence-electron chi connectivity index (χ0n) is 9.74. The summed E-state index contributed by atoms with van der Waals surface area (Å²) in [4.78, 5) is 31.9. The molecule has 0 saturated carbocycles. The Bertz CT molecular complexity index is 437. The third-order valence-electron chi connectivity index (χ3n) is 2.87. The first-order valence-electron chi connectivity index (χ1n) is 5.70. The molecule has 7 heteroatoms. The van der Waals surface area contributed by atoms with Crippen LogP contribution in [-0.2, 0) is 4.79 Å². The highest BCUT2D eigenvalue weighted by Crippen LogP contribution is 2.17. The standard InChI is InChI=1S/C11H14N4O3/c16-10(17)8-2-1-3-15(6-8)11(18)14-9-4-12-7-13-5-9/h4-5,7-8H,1-3,6H2,(H,14,18)(H,16,17)/t8-/m0/s1. The fourth-order valence-electron chi connectivity index (χ4n) is 1.93. The summed E-state index contributed by atoms with van der Waals surface area (Å²) in [6.07, 6.45) is 5.67. The van der Waals surface area contributed by atoms with Gasteiger partial charge in [-0.05, 0) is 12.8 Å². The minimum atomic E-state index is -0.851. The number of aliphatic carboxylic acids is 1. The lowest BCUT2D eigenvalue weighted by atomic mass is 9.99. The lowest BCUT2D eigenvalue weighted by Gasteiger charge is -2.30. The second-order valence-corrected chi connectivity index (χ2v) is 4.18. The van der Waals surface area contributed by atoms with Gasteiger partial charge >= 0.3 is 12.0 Å². The predicted molar refractivity (Wildman–Crippen MR) is 63.0 cm³/mol. The SMILES string of the molecule is O=C(O)[C@H]1CCCN(C(=O)Nc2cncnc2)C1. The van der Waals surface area contributed by atoms with Crippen LogP contribution >= 0.6 is 0 Å². The number of carboxylic acids is 1. The molecule has 2 N–H and O–H groups in total. The quantitative estimate of drug-likeness (QED) is 0.809. The number of likely N-dealkylation sites (tertiary alicyclic amines) is 1. The first-order chi connectivity index (χ1) is 8.66. The number of carboxylic acid groups (broad SMARTS) is 1. The van der Waals surface area contributed by atoms with E-state index in [0.29, 0.717) is 25.1 Å². The largest absolute Gasteiger partial charge is 0.481 e. The summed E-state index contributed by atoms with van der Waals surface area (Å²) in [7, 11) is 0. The van der Waals surface area contributed by atoms with Crippen molar-refractivity contribution in [1.29, 1.82) is 0 Å². The number of urea groups is 1. The summed E-state index contributed by atoms with van der Waals surface area (Å²) in [5, 5.41) is 11.6. The first-order valence-corrected chi connectivity index (χ1v) is 5.70. The highest BCUT2D eigenvalue weighted by Gasteiger charge is 2.28. The molecule has 1 saturated heterocycles. The first kappa shape index (κ1) is 12.3. The Kier molecular flexibility index (Phi) is 3.71. The molecule has 18 heavy (non-hydrogen) atoms. The van der Waals surface area contributed by atoms with E-state index in [0.717, 1.165) is 0 Å². The van der Waals surface area contributed by atoms with Crippen LogP contribution in [0, 0.1) is 5.92 Å². The van der Waals surface area contributed by atoms with Gasteiger partial charge in [-0.25, -0.2) is 14.8 Å². The molecule has 0 aliphatic carbocycles. The van der Waals surface area contributed by atoms with Crippen molar-refractivity contribution in [2.24, 2.45) is 5.92 Å². The minimum absolute atomic E-state index is 0.245. The van der Waals surface area contributed by atoms with E-state index >= 15 is 0 Å². The Balaban J connectivity index is 1.95. The second kappa shape index (κ2) is 5.44. The van der Waals surface area contributed by atoms with Crippen molar-refractivity contribution in [2.45, 2.75) is 12.8 Å². The van der Waals surface area contributed by atoms with Crippen LogP contribution in [0.5, 0.6) is 0 Å². The van der Waals surface area contributed by atoms with E-state index in [1.54, 1.807) is 0 Å². The number of carbonyl (C=O) groups is 2. The van der Waals surface area contributed by atoms with Crippen molar-refractivity contribution >= 4 is 17.7 Å². The Morgan fingerprint density at radius 2 is 2.11 bits per heavy atom. The van der Waals surface area contributed by atoms with Gasteiger partial charge in [-0.2, -0.15) is 0 Å². The molecule has 0 bridgehead atoms. The molecular formula is C11H14N4O3. The van der Waals surface area contributed by atoms with E-state index in [2.05, 4.69) is 15.3 Å². The molecule has 0 spiro atoms. The number of anilines is 1. The maximum absolute atomic E-state index is 11.9. The molecule has 96 valence electrons. The van der Waals surface area contributed by atoms with Crippen LogP contribution in [0.1, 0.15) is 12.8 Å². The van der Waals surface area contributed by atoms with Crippen LogP contribution in [0.25, 0.3) is 0 Å². The van der Waals surface area contributed by atoms with E-state index in [-0.39, 0.29) is 12.6 Å². The monoisotopic (exact) mass is 250 g/mol. The predicted octanol–water partition coefficient (Wildman–Crippen LogP) is 0.805. The third kappa shape index (κ3) is 2.93. The molecule has 7 nitrogen and oxygen atoms in total. The van der Waals surface area contributed by atoms with Gasteiger partial charge in [0.15, 0.2) is 0 Å². The van der Waals surface area contributed by atoms with Crippen LogP contribution in [-0.4, -0.2) is 45.1 Å². The summed E-state index contributed by atoms with van der Waals surface area (Å²) >= 11 is 0. The minimum Gasteiger partial charge on any atom is -0.481 e. The molecule has 0 aromatic carbocycles. The van der Waals surface area contributed by atoms with Gasteiger partial charge in [-0.3, -0.25) is 4.79 Å². The molecular weight excluding hydrogens is 236 g/mol. The summed E-state index contributed by atoms with van der Waals surface area (Å²) in [6, 6.07) is -0.309. The topological polar surface area (TPSA) is 95.4 Å². The normalized spacial score (nSPS) is 19.3. The van der Waals surface area contributed by atoms with Crippen LogP contribution in [0.2, 0.25) is 0 Å². The average Bonchev–Trinajstić information content (AvgIpc) is 2.40. The number of nitrogens with one attached hydrogen (secondary N) is 1. The van der Waals surface area contributed by atoms with Gasteiger partial charge < -0.3 is 15.3 Å². The molecule has 2 amide bonds. The van der Waals surface area contributed by atoms with Crippen molar-refractivity contribution < 1.29 is 14.7 Å². The Labute approximate surface area is 104 Å². The second-order valence-electron chi connectivity index (χ2n) is 4.18. The van der Waals surface area contributed by atoms with E-state index in [4.69, 9.17) is 5.11 Å². The molecule has 1 aliphatic rings. The molecule has 1 fully saturated rings. The third-order valence-corrected chi connectivity index (χ3v) is 2.87. The number of carbonyl (C=O) groups excluding carboxylic acids is 1. The van der Waals surface area contributed by atoms with Crippen molar-refractivity contribution in [1.82, 2.24) is 14.9 Å². The fraction of sp³-hybridized carbons (Fsp3) is 0.455. The van der Waals surface area contributed by atoms with Crippen LogP contribution in [0.4, 0.5) is 10.5 Å². The molecule has 1 atom stereocenters.